The second-order valence-corrected chi connectivity index (χ2v) is 3.27. The lowest BCUT2D eigenvalue weighted by atomic mass is 10.1. The standard InChI is InChI=1S/C9H18N2O3/c1-13-7-6-11-9(12)14-8-2-4-10-5-3-8/h8,10H,2-7H2,1H3,(H,11,12). The summed E-state index contributed by atoms with van der Waals surface area (Å²) >= 11 is 0. The SMILES string of the molecule is COCCNC(=O)OC1CCNCC1. The first kappa shape index (κ1) is 11.3. The minimum Gasteiger partial charge on any atom is -0.446 e. The Bertz CT molecular complexity index is 169. The molecule has 0 aromatic heterocycles. The van der Waals surface area contributed by atoms with E-state index in [2.05, 4.69) is 10.6 Å². The maximum Gasteiger partial charge on any atom is 0.407 e. The number of piperidine rings is 1. The summed E-state index contributed by atoms with van der Waals surface area (Å²) in [7, 11) is 1.60. The molecule has 0 aliphatic carbocycles. The highest BCUT2D eigenvalue weighted by Crippen LogP contribution is 2.06. The molecule has 14 heavy (non-hydrogen) atoms. The van der Waals surface area contributed by atoms with E-state index in [1.807, 2.05) is 0 Å². The minimum absolute atomic E-state index is 0.0683. The highest BCUT2D eigenvalue weighted by molar-refractivity contribution is 5.67. The Hall–Kier alpha value is -0.810. The summed E-state index contributed by atoms with van der Waals surface area (Å²) in [4.78, 5) is 11.2. The first-order valence-electron chi connectivity index (χ1n) is 4.97. The molecule has 5 heteroatoms. The number of nitrogens with one attached hydrogen (secondary N) is 2. The first-order chi connectivity index (χ1) is 6.83. The van der Waals surface area contributed by atoms with E-state index < -0.39 is 0 Å². The van der Waals surface area contributed by atoms with Crippen molar-refractivity contribution in [1.82, 2.24) is 10.6 Å². The molecular weight excluding hydrogens is 184 g/mol. The van der Waals surface area contributed by atoms with Crippen LogP contribution in [0.25, 0.3) is 0 Å². The van der Waals surface area contributed by atoms with Crippen molar-refractivity contribution in [2.24, 2.45) is 0 Å². The third kappa shape index (κ3) is 4.43. The number of alkyl carbamates (subject to hydrolysis) is 1. The molecule has 1 heterocycles. The fraction of sp³-hybridized carbons (Fsp3) is 0.889. The number of carbonyl (C=O) groups excluding carboxylic acids is 1. The number of hydrogen-bond donors (Lipinski definition) is 2. The summed E-state index contributed by atoms with van der Waals surface area (Å²) in [5.74, 6) is 0. The lowest BCUT2D eigenvalue weighted by Crippen LogP contribution is -2.37. The molecule has 0 spiro atoms. The van der Waals surface area contributed by atoms with Crippen molar-refractivity contribution in [3.8, 4) is 0 Å². The van der Waals surface area contributed by atoms with E-state index >= 15 is 0 Å². The van der Waals surface area contributed by atoms with Gasteiger partial charge in [0.2, 0.25) is 0 Å². The molecule has 0 saturated carbocycles. The van der Waals surface area contributed by atoms with Crippen LogP contribution >= 0.6 is 0 Å². The van der Waals surface area contributed by atoms with Crippen LogP contribution in [0.4, 0.5) is 4.79 Å². The van der Waals surface area contributed by atoms with Crippen LogP contribution in [0, 0.1) is 0 Å². The molecule has 0 radical (unpaired) electrons. The van der Waals surface area contributed by atoms with Crippen molar-refractivity contribution in [1.29, 1.82) is 0 Å². The van der Waals surface area contributed by atoms with E-state index in [9.17, 15) is 4.79 Å². The molecule has 5 nitrogen and oxygen atoms in total. The minimum atomic E-state index is -0.339. The van der Waals surface area contributed by atoms with Gasteiger partial charge in [-0.2, -0.15) is 0 Å². The monoisotopic (exact) mass is 202 g/mol. The first-order valence-corrected chi connectivity index (χ1v) is 4.97. The van der Waals surface area contributed by atoms with E-state index in [-0.39, 0.29) is 12.2 Å². The van der Waals surface area contributed by atoms with Gasteiger partial charge < -0.3 is 20.1 Å². The second-order valence-electron chi connectivity index (χ2n) is 3.27. The van der Waals surface area contributed by atoms with E-state index in [1.165, 1.54) is 0 Å². The number of rotatable bonds is 4. The Kier molecular flexibility index (Phi) is 5.32. The van der Waals surface area contributed by atoms with Gasteiger partial charge in [0.25, 0.3) is 0 Å². The third-order valence-electron chi connectivity index (χ3n) is 2.14. The van der Waals surface area contributed by atoms with E-state index in [0.29, 0.717) is 13.2 Å². The molecule has 0 aromatic carbocycles. The molecule has 1 fully saturated rings. The normalized spacial score (nSPS) is 17.8. The molecule has 0 unspecified atom stereocenters. The lowest BCUT2D eigenvalue weighted by Gasteiger charge is -2.22. The Labute approximate surface area is 84.1 Å². The molecule has 1 amide bonds. The van der Waals surface area contributed by atoms with E-state index in [4.69, 9.17) is 9.47 Å². The zero-order valence-electron chi connectivity index (χ0n) is 8.54. The van der Waals surface area contributed by atoms with Gasteiger partial charge in [-0.1, -0.05) is 0 Å². The molecule has 82 valence electrons. The summed E-state index contributed by atoms with van der Waals surface area (Å²) in [5, 5.41) is 5.83. The van der Waals surface area contributed by atoms with E-state index in [1.54, 1.807) is 7.11 Å². The topological polar surface area (TPSA) is 59.6 Å². The zero-order valence-corrected chi connectivity index (χ0v) is 8.54. The highest BCUT2D eigenvalue weighted by atomic mass is 16.6. The Morgan fingerprint density at radius 3 is 2.86 bits per heavy atom. The second kappa shape index (κ2) is 6.62. The van der Waals surface area contributed by atoms with Crippen molar-refractivity contribution < 1.29 is 14.3 Å². The van der Waals surface area contributed by atoms with Crippen molar-refractivity contribution >= 4 is 6.09 Å². The number of hydrogen-bond acceptors (Lipinski definition) is 4. The van der Waals surface area contributed by atoms with Crippen molar-refractivity contribution in [2.75, 3.05) is 33.4 Å². The molecule has 1 rings (SSSR count). The molecule has 0 atom stereocenters. The average molecular weight is 202 g/mol. The van der Waals surface area contributed by atoms with Gasteiger partial charge in [0, 0.05) is 13.7 Å². The largest absolute Gasteiger partial charge is 0.446 e. The van der Waals surface area contributed by atoms with Crippen LogP contribution in [0.15, 0.2) is 0 Å². The van der Waals surface area contributed by atoms with Crippen molar-refractivity contribution in [2.45, 2.75) is 18.9 Å². The van der Waals surface area contributed by atoms with Crippen LogP contribution < -0.4 is 10.6 Å². The van der Waals surface area contributed by atoms with Gasteiger partial charge in [0.1, 0.15) is 6.10 Å². The smallest absolute Gasteiger partial charge is 0.407 e. The number of carbonyl (C=O) groups is 1. The fourth-order valence-corrected chi connectivity index (χ4v) is 1.36. The molecule has 2 N–H and O–H groups in total. The molecule has 1 aliphatic rings. The number of ether oxygens (including phenoxy) is 2. The van der Waals surface area contributed by atoms with Crippen molar-refractivity contribution in [3.63, 3.8) is 0 Å². The average Bonchev–Trinajstić information content (AvgIpc) is 2.20. The summed E-state index contributed by atoms with van der Waals surface area (Å²) in [6.45, 7) is 2.87. The predicted molar refractivity (Wildman–Crippen MR) is 52.3 cm³/mol. The Morgan fingerprint density at radius 2 is 2.21 bits per heavy atom. The number of methoxy groups -OCH3 is 1. The summed E-state index contributed by atoms with van der Waals surface area (Å²) in [5.41, 5.74) is 0. The Balaban J connectivity index is 2.06. The predicted octanol–water partition coefficient (Wildman–Crippen LogP) is 0.111. The molecule has 1 aliphatic heterocycles. The molecule has 1 saturated heterocycles. The van der Waals surface area contributed by atoms with Gasteiger partial charge in [0.05, 0.1) is 6.61 Å². The van der Waals surface area contributed by atoms with Crippen LogP contribution in [-0.2, 0) is 9.47 Å². The maximum absolute atomic E-state index is 11.2. The number of amides is 1. The third-order valence-corrected chi connectivity index (χ3v) is 2.14. The van der Waals surface area contributed by atoms with Crippen LogP contribution in [-0.4, -0.2) is 45.5 Å². The zero-order chi connectivity index (χ0) is 10.2. The summed E-state index contributed by atoms with van der Waals surface area (Å²) in [6, 6.07) is 0. The van der Waals surface area contributed by atoms with E-state index in [0.717, 1.165) is 25.9 Å². The lowest BCUT2D eigenvalue weighted by molar-refractivity contribution is 0.0773. The van der Waals surface area contributed by atoms with Crippen molar-refractivity contribution in [3.05, 3.63) is 0 Å². The Morgan fingerprint density at radius 1 is 1.50 bits per heavy atom. The molecule has 0 bridgehead atoms. The summed E-state index contributed by atoms with van der Waals surface area (Å²) in [6.07, 6.45) is 1.53. The van der Waals surface area contributed by atoms with Gasteiger partial charge in [-0.05, 0) is 25.9 Å². The molecule has 0 aromatic rings. The van der Waals surface area contributed by atoms with Crippen LogP contribution in [0.1, 0.15) is 12.8 Å². The highest BCUT2D eigenvalue weighted by Gasteiger charge is 2.16. The van der Waals surface area contributed by atoms with Gasteiger partial charge in [-0.15, -0.1) is 0 Å². The quantitative estimate of drug-likeness (QED) is 0.635. The van der Waals surface area contributed by atoms with Gasteiger partial charge in [0.15, 0.2) is 0 Å². The van der Waals surface area contributed by atoms with Crippen LogP contribution in [0.5, 0.6) is 0 Å². The van der Waals surface area contributed by atoms with Gasteiger partial charge >= 0.3 is 6.09 Å². The van der Waals surface area contributed by atoms with Crippen LogP contribution in [0.2, 0.25) is 0 Å². The molecular formula is C9H18N2O3. The summed E-state index contributed by atoms with van der Waals surface area (Å²) < 4.78 is 9.99. The maximum atomic E-state index is 11.2. The van der Waals surface area contributed by atoms with Gasteiger partial charge in [-0.25, -0.2) is 4.79 Å². The van der Waals surface area contributed by atoms with Crippen LogP contribution in [0.3, 0.4) is 0 Å². The van der Waals surface area contributed by atoms with Gasteiger partial charge in [-0.3, -0.25) is 0 Å². The fourth-order valence-electron chi connectivity index (χ4n) is 1.36.